The van der Waals surface area contributed by atoms with Gasteiger partial charge in [-0.05, 0) is 36.5 Å². The quantitative estimate of drug-likeness (QED) is 0.727. The minimum absolute atomic E-state index is 0.113. The van der Waals surface area contributed by atoms with E-state index in [-0.39, 0.29) is 5.41 Å². The average Bonchev–Trinajstić information content (AvgIpc) is 3.03. The fraction of sp³-hybridized carbons (Fsp3) is 0.533. The van der Waals surface area contributed by atoms with Crippen molar-refractivity contribution < 1.29 is 0 Å². The van der Waals surface area contributed by atoms with E-state index >= 15 is 0 Å². The van der Waals surface area contributed by atoms with E-state index in [4.69, 9.17) is 5.10 Å². The number of aromatic nitrogens is 2. The molecule has 2 nitrogen and oxygen atoms in total. The van der Waals surface area contributed by atoms with Crippen molar-refractivity contribution in [2.45, 2.75) is 44.9 Å². The lowest BCUT2D eigenvalue weighted by Gasteiger charge is -2.15. The first kappa shape index (κ1) is 10.8. The van der Waals surface area contributed by atoms with Crippen LogP contribution in [-0.2, 0) is 12.5 Å². The lowest BCUT2D eigenvalue weighted by molar-refractivity contribution is 0.558. The van der Waals surface area contributed by atoms with Crippen LogP contribution in [0.2, 0.25) is 0 Å². The van der Waals surface area contributed by atoms with Gasteiger partial charge in [-0.25, -0.2) is 0 Å². The summed E-state index contributed by atoms with van der Waals surface area (Å²) < 4.78 is 2.01. The second-order valence-electron chi connectivity index (χ2n) is 6.27. The summed E-state index contributed by atoms with van der Waals surface area (Å²) in [6, 6.07) is 6.86. The van der Waals surface area contributed by atoms with Crippen LogP contribution in [0, 0.1) is 0 Å². The van der Waals surface area contributed by atoms with E-state index in [2.05, 4.69) is 39.0 Å². The SMILES string of the molecule is Cn1nc(C(C)(C)C)c2cc(C3CC3)ccc21. The second-order valence-corrected chi connectivity index (χ2v) is 6.27. The summed E-state index contributed by atoms with van der Waals surface area (Å²) in [5, 5.41) is 6.04. The van der Waals surface area contributed by atoms with Gasteiger partial charge in [0, 0.05) is 17.8 Å². The van der Waals surface area contributed by atoms with Gasteiger partial charge < -0.3 is 0 Å². The van der Waals surface area contributed by atoms with E-state index < -0.39 is 0 Å². The van der Waals surface area contributed by atoms with Gasteiger partial charge in [0.05, 0.1) is 11.2 Å². The molecule has 1 aliphatic rings. The summed E-state index contributed by atoms with van der Waals surface area (Å²) in [7, 11) is 2.04. The summed E-state index contributed by atoms with van der Waals surface area (Å²) in [5.74, 6) is 0.812. The van der Waals surface area contributed by atoms with Gasteiger partial charge in [0.2, 0.25) is 0 Å². The van der Waals surface area contributed by atoms with Gasteiger partial charge >= 0.3 is 0 Å². The zero-order chi connectivity index (χ0) is 12.2. The Kier molecular flexibility index (Phi) is 2.13. The molecule has 1 heterocycles. The number of benzene rings is 1. The van der Waals surface area contributed by atoms with E-state index in [0.717, 1.165) is 5.92 Å². The maximum absolute atomic E-state index is 4.70. The van der Waals surface area contributed by atoms with E-state index in [0.29, 0.717) is 0 Å². The van der Waals surface area contributed by atoms with Crippen LogP contribution in [0.3, 0.4) is 0 Å². The lowest BCUT2D eigenvalue weighted by atomic mass is 9.89. The summed E-state index contributed by atoms with van der Waals surface area (Å²) >= 11 is 0. The Bertz CT molecular complexity index is 568. The van der Waals surface area contributed by atoms with Crippen molar-refractivity contribution in [3.05, 3.63) is 29.5 Å². The summed E-state index contributed by atoms with van der Waals surface area (Å²) in [4.78, 5) is 0. The van der Waals surface area contributed by atoms with Crippen molar-refractivity contribution in [1.29, 1.82) is 0 Å². The molecule has 0 N–H and O–H groups in total. The third kappa shape index (κ3) is 1.76. The fourth-order valence-electron chi connectivity index (χ4n) is 2.51. The third-order valence-electron chi connectivity index (χ3n) is 3.63. The molecule has 1 aromatic carbocycles. The molecule has 0 bridgehead atoms. The molecule has 2 heteroatoms. The highest BCUT2D eigenvalue weighted by Gasteiger charge is 2.26. The van der Waals surface area contributed by atoms with Crippen LogP contribution in [0.5, 0.6) is 0 Å². The Labute approximate surface area is 103 Å². The van der Waals surface area contributed by atoms with E-state index in [1.165, 1.54) is 35.0 Å². The molecule has 1 aromatic heterocycles. The molecule has 1 saturated carbocycles. The van der Waals surface area contributed by atoms with Crippen molar-refractivity contribution in [1.82, 2.24) is 9.78 Å². The van der Waals surface area contributed by atoms with E-state index in [9.17, 15) is 0 Å². The fourth-order valence-corrected chi connectivity index (χ4v) is 2.51. The van der Waals surface area contributed by atoms with Gasteiger partial charge in [-0.2, -0.15) is 5.10 Å². The molecule has 0 spiro atoms. The number of nitrogens with zero attached hydrogens (tertiary/aromatic N) is 2. The molecule has 0 radical (unpaired) electrons. The van der Waals surface area contributed by atoms with Crippen LogP contribution in [0.1, 0.15) is 50.8 Å². The van der Waals surface area contributed by atoms with Crippen LogP contribution in [0.25, 0.3) is 10.9 Å². The molecule has 2 aromatic rings. The zero-order valence-electron chi connectivity index (χ0n) is 11.1. The van der Waals surface area contributed by atoms with Gasteiger partial charge in [-0.1, -0.05) is 26.8 Å². The van der Waals surface area contributed by atoms with Gasteiger partial charge in [-0.15, -0.1) is 0 Å². The number of hydrogen-bond donors (Lipinski definition) is 0. The predicted molar refractivity (Wildman–Crippen MR) is 71.4 cm³/mol. The molecule has 0 aliphatic heterocycles. The molecule has 90 valence electrons. The highest BCUT2D eigenvalue weighted by atomic mass is 15.3. The molecule has 3 rings (SSSR count). The molecule has 0 amide bonds. The molecular formula is C15H20N2. The molecule has 1 fully saturated rings. The largest absolute Gasteiger partial charge is 0.268 e. The van der Waals surface area contributed by atoms with E-state index in [1.807, 2.05) is 11.7 Å². The van der Waals surface area contributed by atoms with Crippen LogP contribution >= 0.6 is 0 Å². The number of hydrogen-bond acceptors (Lipinski definition) is 1. The Morgan fingerprint density at radius 2 is 1.94 bits per heavy atom. The lowest BCUT2D eigenvalue weighted by Crippen LogP contribution is -2.12. The summed E-state index contributed by atoms with van der Waals surface area (Å²) in [5.41, 5.74) is 4.08. The van der Waals surface area contributed by atoms with Crippen LogP contribution in [-0.4, -0.2) is 9.78 Å². The van der Waals surface area contributed by atoms with Crippen LogP contribution in [0.4, 0.5) is 0 Å². The third-order valence-corrected chi connectivity index (χ3v) is 3.63. The standard InChI is InChI=1S/C15H20N2/c1-15(2,3)14-12-9-11(10-5-6-10)7-8-13(12)17(4)16-14/h7-10H,5-6H2,1-4H3. The van der Waals surface area contributed by atoms with Gasteiger partial charge in [0.15, 0.2) is 0 Å². The Hall–Kier alpha value is -1.31. The monoisotopic (exact) mass is 228 g/mol. The number of fused-ring (bicyclic) bond motifs is 1. The topological polar surface area (TPSA) is 17.8 Å². The van der Waals surface area contributed by atoms with Crippen molar-refractivity contribution in [3.8, 4) is 0 Å². The van der Waals surface area contributed by atoms with Crippen molar-refractivity contribution in [2.24, 2.45) is 7.05 Å². The highest BCUT2D eigenvalue weighted by molar-refractivity contribution is 5.83. The van der Waals surface area contributed by atoms with Gasteiger partial charge in [0.25, 0.3) is 0 Å². The van der Waals surface area contributed by atoms with Crippen molar-refractivity contribution in [2.75, 3.05) is 0 Å². The number of aryl methyl sites for hydroxylation is 1. The molecule has 0 saturated heterocycles. The van der Waals surface area contributed by atoms with Crippen molar-refractivity contribution >= 4 is 10.9 Å². The molecular weight excluding hydrogens is 208 g/mol. The average molecular weight is 228 g/mol. The molecule has 0 unspecified atom stereocenters. The Balaban J connectivity index is 2.24. The Morgan fingerprint density at radius 1 is 1.24 bits per heavy atom. The zero-order valence-corrected chi connectivity index (χ0v) is 11.1. The summed E-state index contributed by atoms with van der Waals surface area (Å²) in [6.45, 7) is 6.70. The minimum Gasteiger partial charge on any atom is -0.268 e. The Morgan fingerprint density at radius 3 is 2.53 bits per heavy atom. The normalized spacial score (nSPS) is 16.7. The van der Waals surface area contributed by atoms with Crippen molar-refractivity contribution in [3.63, 3.8) is 0 Å². The minimum atomic E-state index is 0.113. The maximum Gasteiger partial charge on any atom is 0.0756 e. The summed E-state index contributed by atoms with van der Waals surface area (Å²) in [6.07, 6.45) is 2.72. The van der Waals surface area contributed by atoms with Gasteiger partial charge in [-0.3, -0.25) is 4.68 Å². The first-order valence-corrected chi connectivity index (χ1v) is 6.44. The number of rotatable bonds is 1. The van der Waals surface area contributed by atoms with Crippen LogP contribution in [0.15, 0.2) is 18.2 Å². The molecule has 0 atom stereocenters. The smallest absolute Gasteiger partial charge is 0.0756 e. The van der Waals surface area contributed by atoms with Crippen LogP contribution < -0.4 is 0 Å². The van der Waals surface area contributed by atoms with Gasteiger partial charge in [0.1, 0.15) is 0 Å². The molecule has 17 heavy (non-hydrogen) atoms. The van der Waals surface area contributed by atoms with E-state index in [1.54, 1.807) is 0 Å². The first-order valence-electron chi connectivity index (χ1n) is 6.44. The second kappa shape index (κ2) is 3.34. The maximum atomic E-state index is 4.70. The first-order chi connectivity index (χ1) is 7.97. The molecule has 1 aliphatic carbocycles. The predicted octanol–water partition coefficient (Wildman–Crippen LogP) is 3.75. The highest BCUT2D eigenvalue weighted by Crippen LogP contribution is 2.41.